The lowest BCUT2D eigenvalue weighted by atomic mass is 10.5. The molecule has 0 atom stereocenters. The fraction of sp³-hybridized carbons (Fsp3) is 0.500. The normalized spacial score (nSPS) is 7.91. The summed E-state index contributed by atoms with van der Waals surface area (Å²) in [5, 5.41) is 8.42. The number of nitriles is 1. The Morgan fingerprint density at radius 3 is 2.27 bits per heavy atom. The van der Waals surface area contributed by atoms with Gasteiger partial charge in [-0.25, -0.2) is 4.98 Å². The first-order valence-corrected chi connectivity index (χ1v) is 3.64. The number of aryl methyl sites for hydroxylation is 1. The maximum atomic E-state index is 8.42. The third kappa shape index (κ3) is 2.08. The molecule has 1 aromatic rings. The summed E-state index contributed by atoms with van der Waals surface area (Å²) in [5.41, 5.74) is 0.604. The van der Waals surface area contributed by atoms with Gasteiger partial charge in [-0.15, -0.1) is 0 Å². The van der Waals surface area contributed by atoms with Crippen LogP contribution in [-0.2, 0) is 7.05 Å². The average molecular weight is 151 g/mol. The fourth-order valence-electron chi connectivity index (χ4n) is 0.606. The lowest BCUT2D eigenvalue weighted by Gasteiger charge is -1.91. The molecule has 1 rings (SSSR count). The van der Waals surface area contributed by atoms with Crippen LogP contribution in [0.15, 0.2) is 6.20 Å². The Morgan fingerprint density at radius 1 is 1.55 bits per heavy atom. The molecule has 0 saturated carbocycles. The van der Waals surface area contributed by atoms with Crippen molar-refractivity contribution in [3.05, 3.63) is 17.7 Å². The van der Waals surface area contributed by atoms with Crippen LogP contribution >= 0.6 is 0 Å². The van der Waals surface area contributed by atoms with Gasteiger partial charge in [0.2, 0.25) is 0 Å². The number of aromatic nitrogens is 2. The minimum Gasteiger partial charge on any atom is -0.323 e. The quantitative estimate of drug-likeness (QED) is 0.565. The Bertz CT molecular complexity index is 255. The molecule has 0 unspecified atom stereocenters. The molecule has 1 heterocycles. The van der Waals surface area contributed by atoms with E-state index in [1.165, 1.54) is 0 Å². The highest BCUT2D eigenvalue weighted by Gasteiger charge is 1.97. The Morgan fingerprint density at radius 2 is 2.09 bits per heavy atom. The van der Waals surface area contributed by atoms with Crippen LogP contribution in [-0.4, -0.2) is 9.55 Å². The largest absolute Gasteiger partial charge is 0.323 e. The van der Waals surface area contributed by atoms with Gasteiger partial charge in [0.15, 0.2) is 0 Å². The molecule has 0 radical (unpaired) electrons. The Labute approximate surface area is 67.3 Å². The van der Waals surface area contributed by atoms with Gasteiger partial charge >= 0.3 is 0 Å². The summed E-state index contributed by atoms with van der Waals surface area (Å²) >= 11 is 0. The lowest BCUT2D eigenvalue weighted by molar-refractivity contribution is 0.845. The Balaban J connectivity index is 0.000000461. The molecule has 1 aromatic heterocycles. The smallest absolute Gasteiger partial charge is 0.139 e. The zero-order valence-corrected chi connectivity index (χ0v) is 7.42. The van der Waals surface area contributed by atoms with Gasteiger partial charge in [0.25, 0.3) is 0 Å². The molecule has 11 heavy (non-hydrogen) atoms. The van der Waals surface area contributed by atoms with Crippen LogP contribution in [0.5, 0.6) is 0 Å². The molecule has 0 amide bonds. The van der Waals surface area contributed by atoms with Crippen molar-refractivity contribution in [1.82, 2.24) is 9.55 Å². The van der Waals surface area contributed by atoms with Crippen LogP contribution in [0.3, 0.4) is 0 Å². The second kappa shape index (κ2) is 4.51. The monoisotopic (exact) mass is 151 g/mol. The van der Waals surface area contributed by atoms with Crippen molar-refractivity contribution in [2.45, 2.75) is 20.8 Å². The summed E-state index contributed by atoms with van der Waals surface area (Å²) in [7, 11) is 1.82. The van der Waals surface area contributed by atoms with Gasteiger partial charge in [0, 0.05) is 7.05 Å². The molecule has 0 aliphatic carbocycles. The highest BCUT2D eigenvalue weighted by atomic mass is 15.0. The first-order chi connectivity index (χ1) is 5.25. The van der Waals surface area contributed by atoms with Crippen molar-refractivity contribution in [2.75, 3.05) is 0 Å². The van der Waals surface area contributed by atoms with Gasteiger partial charge in [-0.05, 0) is 6.92 Å². The predicted octanol–water partition coefficient (Wildman–Crippen LogP) is 1.63. The van der Waals surface area contributed by atoms with Crippen LogP contribution in [0.4, 0.5) is 0 Å². The van der Waals surface area contributed by atoms with Crippen molar-refractivity contribution in [2.24, 2.45) is 7.05 Å². The van der Waals surface area contributed by atoms with Gasteiger partial charge < -0.3 is 4.57 Å². The van der Waals surface area contributed by atoms with Gasteiger partial charge in [-0.2, -0.15) is 5.26 Å². The SMILES string of the molecule is CC.Cc1ncc(C#N)n1C. The van der Waals surface area contributed by atoms with Gasteiger partial charge in [0.1, 0.15) is 17.6 Å². The highest BCUT2D eigenvalue weighted by molar-refractivity contribution is 5.19. The third-order valence-electron chi connectivity index (χ3n) is 1.33. The molecule has 0 bridgehead atoms. The minimum atomic E-state index is 0.604. The van der Waals surface area contributed by atoms with E-state index in [9.17, 15) is 0 Å². The van der Waals surface area contributed by atoms with Crippen molar-refractivity contribution >= 4 is 0 Å². The summed E-state index contributed by atoms with van der Waals surface area (Å²) in [6.07, 6.45) is 1.56. The number of hydrogen-bond donors (Lipinski definition) is 0. The van der Waals surface area contributed by atoms with Crippen molar-refractivity contribution in [3.63, 3.8) is 0 Å². The lowest BCUT2D eigenvalue weighted by Crippen LogP contribution is -1.93. The second-order valence-electron chi connectivity index (χ2n) is 1.86. The van der Waals surface area contributed by atoms with Gasteiger partial charge in [0.05, 0.1) is 6.20 Å². The van der Waals surface area contributed by atoms with Gasteiger partial charge in [-0.3, -0.25) is 0 Å². The second-order valence-corrected chi connectivity index (χ2v) is 1.86. The van der Waals surface area contributed by atoms with E-state index in [0.717, 1.165) is 5.82 Å². The summed E-state index contributed by atoms with van der Waals surface area (Å²) < 4.78 is 1.75. The number of hydrogen-bond acceptors (Lipinski definition) is 2. The van der Waals surface area contributed by atoms with Crippen molar-refractivity contribution in [1.29, 1.82) is 5.26 Å². The molecule has 0 saturated heterocycles. The molecule has 3 nitrogen and oxygen atoms in total. The van der Waals surface area contributed by atoms with E-state index in [2.05, 4.69) is 4.98 Å². The van der Waals surface area contributed by atoms with E-state index in [1.807, 2.05) is 33.9 Å². The Hall–Kier alpha value is -1.30. The molecule has 3 heteroatoms. The van der Waals surface area contributed by atoms with Crippen molar-refractivity contribution in [3.8, 4) is 6.07 Å². The van der Waals surface area contributed by atoms with E-state index in [0.29, 0.717) is 5.69 Å². The molecule has 0 fully saturated rings. The summed E-state index contributed by atoms with van der Waals surface area (Å²) in [5.74, 6) is 0.867. The van der Waals surface area contributed by atoms with Crippen LogP contribution < -0.4 is 0 Å². The molecule has 0 spiro atoms. The molecule has 0 N–H and O–H groups in total. The third-order valence-corrected chi connectivity index (χ3v) is 1.33. The topological polar surface area (TPSA) is 41.6 Å². The Kier molecular flexibility index (Phi) is 3.97. The maximum Gasteiger partial charge on any atom is 0.139 e. The summed E-state index contributed by atoms with van der Waals surface area (Å²) in [4.78, 5) is 3.93. The summed E-state index contributed by atoms with van der Waals surface area (Å²) in [6, 6.07) is 2.02. The van der Waals surface area contributed by atoms with Crippen LogP contribution in [0.2, 0.25) is 0 Å². The molecule has 0 aliphatic heterocycles. The zero-order chi connectivity index (χ0) is 8.85. The molecule has 0 aromatic carbocycles. The van der Waals surface area contributed by atoms with E-state index < -0.39 is 0 Å². The standard InChI is InChI=1S/C6H7N3.C2H6/c1-5-8-4-6(3-7)9(5)2;1-2/h4H,1-2H3;1-2H3. The molecule has 60 valence electrons. The number of imidazole rings is 1. The van der Waals surface area contributed by atoms with E-state index in [-0.39, 0.29) is 0 Å². The molecular formula is C8H13N3. The minimum absolute atomic E-state index is 0.604. The first-order valence-electron chi connectivity index (χ1n) is 3.64. The number of rotatable bonds is 0. The molecule has 0 aliphatic rings. The zero-order valence-electron chi connectivity index (χ0n) is 7.42. The maximum absolute atomic E-state index is 8.42. The molecular weight excluding hydrogens is 138 g/mol. The van der Waals surface area contributed by atoms with Crippen LogP contribution in [0, 0.1) is 18.3 Å². The first kappa shape index (κ1) is 9.70. The highest BCUT2D eigenvalue weighted by Crippen LogP contribution is 1.97. The van der Waals surface area contributed by atoms with E-state index in [1.54, 1.807) is 10.8 Å². The van der Waals surface area contributed by atoms with Crippen LogP contribution in [0.1, 0.15) is 25.4 Å². The number of nitrogens with zero attached hydrogens (tertiary/aromatic N) is 3. The average Bonchev–Trinajstić information content (AvgIpc) is 2.37. The van der Waals surface area contributed by atoms with E-state index >= 15 is 0 Å². The fourth-order valence-corrected chi connectivity index (χ4v) is 0.606. The summed E-state index contributed by atoms with van der Waals surface area (Å²) in [6.45, 7) is 5.86. The van der Waals surface area contributed by atoms with E-state index in [4.69, 9.17) is 5.26 Å². The van der Waals surface area contributed by atoms with Crippen LogP contribution in [0.25, 0.3) is 0 Å². The van der Waals surface area contributed by atoms with Gasteiger partial charge in [-0.1, -0.05) is 13.8 Å². The predicted molar refractivity (Wildman–Crippen MR) is 44.0 cm³/mol. The van der Waals surface area contributed by atoms with Crippen molar-refractivity contribution < 1.29 is 0 Å².